The Morgan fingerprint density at radius 3 is 1.41 bits per heavy atom. The van der Waals surface area contributed by atoms with E-state index < -0.39 is 17.4 Å². The number of benzene rings is 4. The zero-order valence-corrected chi connectivity index (χ0v) is 44.9. The van der Waals surface area contributed by atoms with Crippen molar-refractivity contribution in [3.63, 3.8) is 0 Å². The number of urea groups is 2. The monoisotopic (exact) mass is 1140 g/mol. The van der Waals surface area contributed by atoms with E-state index in [1.165, 1.54) is 0 Å². The minimum atomic E-state index is -2.65. The third kappa shape index (κ3) is 12.1. The first-order valence-corrected chi connectivity index (χ1v) is 27.3. The van der Waals surface area contributed by atoms with Crippen LogP contribution in [0.1, 0.15) is 88.2 Å². The maximum absolute atomic E-state index is 13.8. The van der Waals surface area contributed by atoms with E-state index in [0.717, 1.165) is 75.4 Å². The molecule has 0 atom stereocenters. The number of likely N-dealkylation sites (tertiary alicyclic amines) is 2. The summed E-state index contributed by atoms with van der Waals surface area (Å²) in [5.74, 6) is -3.61. The Bertz CT molecular complexity index is 2560. The van der Waals surface area contributed by atoms with Gasteiger partial charge in [0.2, 0.25) is 17.8 Å². The molecule has 0 bridgehead atoms. The molecule has 2 aliphatic carbocycles. The summed E-state index contributed by atoms with van der Waals surface area (Å²) in [6.45, 7) is 5.83. The number of halogens is 6. The van der Waals surface area contributed by atoms with Crippen LogP contribution in [0, 0.1) is 11.8 Å². The number of methoxy groups -OCH3 is 2. The van der Waals surface area contributed by atoms with Crippen molar-refractivity contribution >= 4 is 61.2 Å². The van der Waals surface area contributed by atoms with E-state index in [4.69, 9.17) is 9.47 Å². The smallest absolute Gasteiger partial charge is 0.325 e. The largest absolute Gasteiger partial charge is 0.497 e. The number of hydrogen-bond acceptors (Lipinski definition) is 6. The van der Waals surface area contributed by atoms with Crippen molar-refractivity contribution in [1.82, 2.24) is 19.6 Å². The van der Waals surface area contributed by atoms with E-state index in [1.807, 2.05) is 117 Å². The van der Waals surface area contributed by atoms with Crippen molar-refractivity contribution in [3.8, 4) is 11.5 Å². The Hall–Kier alpha value is -4.87. The van der Waals surface area contributed by atoms with E-state index >= 15 is 0 Å². The molecule has 4 aromatic rings. The van der Waals surface area contributed by atoms with Crippen LogP contribution in [-0.2, 0) is 17.9 Å². The van der Waals surface area contributed by atoms with Gasteiger partial charge in [-0.3, -0.25) is 14.6 Å². The number of rotatable bonds is 11. The first-order valence-electron chi connectivity index (χ1n) is 25.7. The Morgan fingerprint density at radius 2 is 0.986 bits per heavy atom. The number of carbonyl (C=O) groups is 3. The van der Waals surface area contributed by atoms with Crippen LogP contribution >= 0.6 is 31.9 Å². The SMILES string of the molecule is COc1cccc(CN2C(=O)N(c3ccc(Br)cc3)CC23CCN(C(=O)C2CCC(F)(F)CC2)CC3)c1.COc1cccc(CN2C(=O)N(c3ccc(Br)cc3)CC23CCN(CC2CCC(F)(F)CC2)CC3)c1. The maximum atomic E-state index is 13.8. The van der Waals surface area contributed by atoms with E-state index in [-0.39, 0.29) is 68.0 Å². The van der Waals surface area contributed by atoms with Gasteiger partial charge in [-0.25, -0.2) is 27.2 Å². The van der Waals surface area contributed by atoms with Crippen LogP contribution in [0.15, 0.2) is 106 Å². The molecule has 392 valence electrons. The van der Waals surface area contributed by atoms with Crippen LogP contribution in [0.3, 0.4) is 0 Å². The number of anilines is 2. The summed E-state index contributed by atoms with van der Waals surface area (Å²) in [5, 5.41) is 0. The van der Waals surface area contributed by atoms with Crippen molar-refractivity contribution in [2.45, 2.75) is 113 Å². The highest BCUT2D eigenvalue weighted by molar-refractivity contribution is 9.10. The molecule has 2 saturated carbocycles. The molecule has 0 radical (unpaired) electrons. The summed E-state index contributed by atoms with van der Waals surface area (Å²) in [7, 11) is 3.27. The zero-order valence-electron chi connectivity index (χ0n) is 41.7. The molecule has 4 heterocycles. The molecule has 6 aliphatic rings. The highest BCUT2D eigenvalue weighted by atomic mass is 79.9. The number of nitrogens with zero attached hydrogens (tertiary/aromatic N) is 6. The second-order valence-corrected chi connectivity index (χ2v) is 22.9. The summed E-state index contributed by atoms with van der Waals surface area (Å²) < 4.78 is 67.1. The number of piperidine rings is 2. The molecule has 4 aromatic carbocycles. The summed E-state index contributed by atoms with van der Waals surface area (Å²) in [5.41, 5.74) is 3.08. The molecule has 5 amide bonds. The number of amides is 5. The Labute approximate surface area is 443 Å². The predicted octanol–water partition coefficient (Wildman–Crippen LogP) is 12.6. The minimum absolute atomic E-state index is 0.0143. The van der Waals surface area contributed by atoms with Crippen molar-refractivity contribution < 1.29 is 41.4 Å². The lowest BCUT2D eigenvalue weighted by molar-refractivity contribution is -0.141. The topological polar surface area (TPSA) is 89.1 Å². The van der Waals surface area contributed by atoms with Gasteiger partial charge in [0.05, 0.1) is 38.4 Å². The number of carbonyl (C=O) groups excluding carboxylic acids is 3. The summed E-state index contributed by atoms with van der Waals surface area (Å²) in [6.07, 6.45) is 4.32. The molecule has 10 rings (SSSR count). The quantitative estimate of drug-likeness (QED) is 0.139. The van der Waals surface area contributed by atoms with Gasteiger partial charge >= 0.3 is 12.1 Å². The number of ether oxygens (including phenoxy) is 2. The lowest BCUT2D eigenvalue weighted by Crippen LogP contribution is -2.56. The van der Waals surface area contributed by atoms with Gasteiger partial charge in [0.1, 0.15) is 11.5 Å². The first-order chi connectivity index (χ1) is 35.0. The standard InChI is InChI=1S/C28H32BrF2N3O3.C28H34BrF2N3O2/c1-37-24-4-2-3-20(17-24)18-34-26(36)33(23-7-5-22(29)6-8-23)19-27(34)13-15-32(16-14-27)25(35)21-9-11-28(30,31)12-10-21;1-36-25-4-2-3-22(17-25)19-34-26(35)33(24-7-5-23(29)6-8-24)20-27(34)13-15-32(16-14-27)18-21-9-11-28(30,31)12-10-21/h2-8,17,21H,9-16,18-19H2,1H3;2-8,17,21H,9-16,18-20H2,1H3. The normalized spacial score (nSPS) is 21.9. The van der Waals surface area contributed by atoms with Crippen LogP contribution in [-0.4, -0.2) is 121 Å². The molecule has 2 spiro atoms. The Morgan fingerprint density at radius 1 is 0.575 bits per heavy atom. The van der Waals surface area contributed by atoms with Gasteiger partial charge in [0.15, 0.2) is 0 Å². The van der Waals surface area contributed by atoms with Crippen molar-refractivity contribution in [1.29, 1.82) is 0 Å². The average Bonchev–Trinajstić information content (AvgIpc) is 3.80. The molecule has 73 heavy (non-hydrogen) atoms. The molecule has 0 aromatic heterocycles. The van der Waals surface area contributed by atoms with Gasteiger partial charge in [-0.1, -0.05) is 56.1 Å². The van der Waals surface area contributed by atoms with Crippen molar-refractivity contribution in [2.75, 3.05) is 69.8 Å². The molecule has 4 aliphatic heterocycles. The molecule has 6 fully saturated rings. The predicted molar refractivity (Wildman–Crippen MR) is 282 cm³/mol. The van der Waals surface area contributed by atoms with E-state index in [2.05, 4.69) is 41.7 Å². The van der Waals surface area contributed by atoms with E-state index in [0.29, 0.717) is 70.9 Å². The molecule has 4 saturated heterocycles. The van der Waals surface area contributed by atoms with E-state index in [1.54, 1.807) is 14.2 Å². The Kier molecular flexibility index (Phi) is 16.1. The molecule has 0 unspecified atom stereocenters. The summed E-state index contributed by atoms with van der Waals surface area (Å²) >= 11 is 6.95. The zero-order chi connectivity index (χ0) is 51.5. The highest BCUT2D eigenvalue weighted by Crippen LogP contribution is 2.44. The van der Waals surface area contributed by atoms with E-state index in [9.17, 15) is 31.9 Å². The second kappa shape index (κ2) is 22.1. The molecule has 17 heteroatoms. The fraction of sp³-hybridized carbons (Fsp3) is 0.518. The fourth-order valence-electron chi connectivity index (χ4n) is 12.0. The maximum Gasteiger partial charge on any atom is 0.325 e. The molecule has 11 nitrogen and oxygen atoms in total. The summed E-state index contributed by atoms with van der Waals surface area (Å²) in [6, 6.07) is 31.2. The lowest BCUT2D eigenvalue weighted by atomic mass is 9.83. The minimum Gasteiger partial charge on any atom is -0.497 e. The van der Waals surface area contributed by atoms with Gasteiger partial charge in [-0.2, -0.15) is 0 Å². The van der Waals surface area contributed by atoms with Gasteiger partial charge < -0.3 is 29.1 Å². The lowest BCUT2D eigenvalue weighted by Gasteiger charge is -2.45. The van der Waals surface area contributed by atoms with Gasteiger partial charge in [0, 0.05) is 97.7 Å². The number of alkyl halides is 4. The van der Waals surface area contributed by atoms with Crippen LogP contribution in [0.25, 0.3) is 0 Å². The van der Waals surface area contributed by atoms with Crippen LogP contribution in [0.5, 0.6) is 11.5 Å². The van der Waals surface area contributed by atoms with Crippen LogP contribution < -0.4 is 19.3 Å². The summed E-state index contributed by atoms with van der Waals surface area (Å²) in [4.78, 5) is 52.8. The third-order valence-electron chi connectivity index (χ3n) is 16.4. The molecular formula is C56H66Br2F4N6O5. The van der Waals surface area contributed by atoms with Crippen LogP contribution in [0.2, 0.25) is 0 Å². The average molecular weight is 1140 g/mol. The molecular weight excluding hydrogens is 1070 g/mol. The van der Waals surface area contributed by atoms with Gasteiger partial charge in [0.25, 0.3) is 0 Å². The highest BCUT2D eigenvalue weighted by Gasteiger charge is 2.53. The first kappa shape index (κ1) is 53.0. The number of hydrogen-bond donors (Lipinski definition) is 0. The second-order valence-electron chi connectivity index (χ2n) is 21.1. The van der Waals surface area contributed by atoms with Crippen molar-refractivity contribution in [3.05, 3.63) is 117 Å². The molecule has 0 N–H and O–H groups in total. The van der Waals surface area contributed by atoms with Crippen molar-refractivity contribution in [2.24, 2.45) is 11.8 Å². The third-order valence-corrected chi connectivity index (χ3v) is 17.5. The van der Waals surface area contributed by atoms with Gasteiger partial charge in [-0.15, -0.1) is 0 Å². The van der Waals surface area contributed by atoms with Crippen LogP contribution in [0.4, 0.5) is 38.5 Å². The van der Waals surface area contributed by atoms with Gasteiger partial charge in [-0.05, 0) is 141 Å². The Balaban J connectivity index is 0.000000180. The fourth-order valence-corrected chi connectivity index (χ4v) is 12.5.